The third-order valence-corrected chi connectivity index (χ3v) is 4.84. The highest BCUT2D eigenvalue weighted by Crippen LogP contribution is 2.29. The SMILES string of the molecule is CNS(=O)(=O)c1ccc(CNC(=O)c2cccc(C(F)(F)F)c2)cc1. The van der Waals surface area contributed by atoms with Crippen LogP contribution in [0.25, 0.3) is 0 Å². The van der Waals surface area contributed by atoms with Gasteiger partial charge in [0.1, 0.15) is 0 Å². The van der Waals surface area contributed by atoms with E-state index < -0.39 is 27.7 Å². The molecule has 0 spiro atoms. The van der Waals surface area contributed by atoms with Crippen molar-refractivity contribution < 1.29 is 26.4 Å². The van der Waals surface area contributed by atoms with Crippen LogP contribution < -0.4 is 10.0 Å². The first-order valence-corrected chi connectivity index (χ1v) is 8.60. The van der Waals surface area contributed by atoms with Gasteiger partial charge in [0, 0.05) is 12.1 Å². The molecule has 0 fully saturated rings. The number of nitrogens with one attached hydrogen (secondary N) is 2. The van der Waals surface area contributed by atoms with Crippen molar-refractivity contribution in [3.05, 3.63) is 65.2 Å². The summed E-state index contributed by atoms with van der Waals surface area (Å²) in [4.78, 5) is 12.1. The van der Waals surface area contributed by atoms with Crippen LogP contribution in [0.3, 0.4) is 0 Å². The molecule has 2 N–H and O–H groups in total. The van der Waals surface area contributed by atoms with Crippen molar-refractivity contribution in [3.63, 3.8) is 0 Å². The quantitative estimate of drug-likeness (QED) is 0.847. The number of sulfonamides is 1. The minimum Gasteiger partial charge on any atom is -0.348 e. The Balaban J connectivity index is 2.05. The Morgan fingerprint density at radius 1 is 1.08 bits per heavy atom. The predicted molar refractivity (Wildman–Crippen MR) is 85.3 cm³/mol. The standard InChI is InChI=1S/C16H15F3N2O3S/c1-20-25(23,24)14-7-5-11(6-8-14)10-21-15(22)12-3-2-4-13(9-12)16(17,18)19/h2-9,20H,10H2,1H3,(H,21,22). The fourth-order valence-electron chi connectivity index (χ4n) is 2.03. The van der Waals surface area contributed by atoms with Crippen LogP contribution in [-0.2, 0) is 22.7 Å². The minimum absolute atomic E-state index is 0.0506. The Morgan fingerprint density at radius 2 is 1.72 bits per heavy atom. The van der Waals surface area contributed by atoms with E-state index in [-0.39, 0.29) is 17.0 Å². The van der Waals surface area contributed by atoms with E-state index in [9.17, 15) is 26.4 Å². The van der Waals surface area contributed by atoms with E-state index in [2.05, 4.69) is 10.0 Å². The summed E-state index contributed by atoms with van der Waals surface area (Å²) in [5, 5.41) is 2.49. The molecule has 0 saturated carbocycles. The fraction of sp³-hybridized carbons (Fsp3) is 0.188. The number of carbonyl (C=O) groups excluding carboxylic acids is 1. The molecule has 0 unspecified atom stereocenters. The normalized spacial score (nSPS) is 12.0. The van der Waals surface area contributed by atoms with E-state index in [0.29, 0.717) is 5.56 Å². The van der Waals surface area contributed by atoms with Crippen molar-refractivity contribution >= 4 is 15.9 Å². The van der Waals surface area contributed by atoms with Crippen molar-refractivity contribution in [2.45, 2.75) is 17.6 Å². The molecular formula is C16H15F3N2O3S. The lowest BCUT2D eigenvalue weighted by molar-refractivity contribution is -0.137. The molecule has 2 rings (SSSR count). The molecular weight excluding hydrogens is 357 g/mol. The maximum Gasteiger partial charge on any atom is 0.416 e. The van der Waals surface area contributed by atoms with E-state index in [1.165, 1.54) is 37.4 Å². The highest BCUT2D eigenvalue weighted by Gasteiger charge is 2.30. The van der Waals surface area contributed by atoms with Crippen molar-refractivity contribution in [2.24, 2.45) is 0 Å². The molecule has 0 heterocycles. The number of hydrogen-bond acceptors (Lipinski definition) is 3. The van der Waals surface area contributed by atoms with Crippen LogP contribution in [0.15, 0.2) is 53.4 Å². The Bertz CT molecular complexity index is 863. The van der Waals surface area contributed by atoms with Gasteiger partial charge in [-0.05, 0) is 42.9 Å². The van der Waals surface area contributed by atoms with Crippen molar-refractivity contribution in [1.29, 1.82) is 0 Å². The van der Waals surface area contributed by atoms with Gasteiger partial charge in [-0.1, -0.05) is 18.2 Å². The Hall–Kier alpha value is -2.39. The molecule has 0 bridgehead atoms. The monoisotopic (exact) mass is 372 g/mol. The second kappa shape index (κ2) is 7.24. The Labute approximate surface area is 142 Å². The van der Waals surface area contributed by atoms with Gasteiger partial charge in [-0.15, -0.1) is 0 Å². The van der Waals surface area contributed by atoms with E-state index >= 15 is 0 Å². The summed E-state index contributed by atoms with van der Waals surface area (Å²) < 4.78 is 63.4. The number of amides is 1. The zero-order valence-corrected chi connectivity index (χ0v) is 13.9. The second-order valence-electron chi connectivity index (χ2n) is 5.11. The number of hydrogen-bond donors (Lipinski definition) is 2. The van der Waals surface area contributed by atoms with Crippen LogP contribution in [0.5, 0.6) is 0 Å². The molecule has 0 aliphatic carbocycles. The molecule has 134 valence electrons. The van der Waals surface area contributed by atoms with E-state index in [0.717, 1.165) is 18.2 Å². The molecule has 0 saturated heterocycles. The van der Waals surface area contributed by atoms with Gasteiger partial charge in [-0.3, -0.25) is 4.79 Å². The molecule has 9 heteroatoms. The summed E-state index contributed by atoms with van der Waals surface area (Å²) in [6.45, 7) is 0.0506. The van der Waals surface area contributed by atoms with Gasteiger partial charge in [-0.25, -0.2) is 13.1 Å². The molecule has 5 nitrogen and oxygen atoms in total. The zero-order chi connectivity index (χ0) is 18.7. The molecule has 0 aliphatic rings. The summed E-state index contributed by atoms with van der Waals surface area (Å²) >= 11 is 0. The Kier molecular flexibility index (Phi) is 5.48. The number of rotatable bonds is 5. The van der Waals surface area contributed by atoms with Gasteiger partial charge in [0.15, 0.2) is 0 Å². The van der Waals surface area contributed by atoms with Crippen molar-refractivity contribution in [3.8, 4) is 0 Å². The van der Waals surface area contributed by atoms with Gasteiger partial charge in [0.2, 0.25) is 10.0 Å². The van der Waals surface area contributed by atoms with E-state index in [4.69, 9.17) is 0 Å². The predicted octanol–water partition coefficient (Wildman–Crippen LogP) is 2.54. The van der Waals surface area contributed by atoms with E-state index in [1.807, 2.05) is 0 Å². The average Bonchev–Trinajstić information content (AvgIpc) is 2.59. The molecule has 0 aliphatic heterocycles. The second-order valence-corrected chi connectivity index (χ2v) is 7.00. The molecule has 0 atom stereocenters. The summed E-state index contributed by atoms with van der Waals surface area (Å²) in [7, 11) is -2.26. The lowest BCUT2D eigenvalue weighted by atomic mass is 10.1. The van der Waals surface area contributed by atoms with Crippen LogP contribution in [0.2, 0.25) is 0 Å². The van der Waals surface area contributed by atoms with Crippen LogP contribution in [-0.4, -0.2) is 21.4 Å². The average molecular weight is 372 g/mol. The number of alkyl halides is 3. The fourth-order valence-corrected chi connectivity index (χ4v) is 2.76. The molecule has 2 aromatic carbocycles. The molecule has 0 aromatic heterocycles. The lowest BCUT2D eigenvalue weighted by Gasteiger charge is -2.10. The lowest BCUT2D eigenvalue weighted by Crippen LogP contribution is -2.23. The summed E-state index contributed by atoms with van der Waals surface area (Å²) in [5.74, 6) is -0.655. The summed E-state index contributed by atoms with van der Waals surface area (Å²) in [6.07, 6.45) is -4.52. The third-order valence-electron chi connectivity index (χ3n) is 3.41. The summed E-state index contributed by atoms with van der Waals surface area (Å²) in [5.41, 5.74) is -0.402. The van der Waals surface area contributed by atoms with Gasteiger partial charge >= 0.3 is 6.18 Å². The molecule has 2 aromatic rings. The highest BCUT2D eigenvalue weighted by atomic mass is 32.2. The third kappa shape index (κ3) is 4.80. The first kappa shape index (κ1) is 18.9. The van der Waals surface area contributed by atoms with Crippen molar-refractivity contribution in [1.82, 2.24) is 10.0 Å². The first-order chi connectivity index (χ1) is 11.6. The topological polar surface area (TPSA) is 75.3 Å². The molecule has 25 heavy (non-hydrogen) atoms. The Morgan fingerprint density at radius 3 is 2.28 bits per heavy atom. The van der Waals surface area contributed by atoms with Gasteiger partial charge in [-0.2, -0.15) is 13.2 Å². The molecule has 1 amide bonds. The van der Waals surface area contributed by atoms with Gasteiger partial charge in [0.05, 0.1) is 10.5 Å². The van der Waals surface area contributed by atoms with Crippen LogP contribution in [0.4, 0.5) is 13.2 Å². The zero-order valence-electron chi connectivity index (χ0n) is 13.1. The highest BCUT2D eigenvalue weighted by molar-refractivity contribution is 7.89. The van der Waals surface area contributed by atoms with Gasteiger partial charge < -0.3 is 5.32 Å². The summed E-state index contributed by atoms with van der Waals surface area (Å²) in [6, 6.07) is 9.88. The number of benzene rings is 2. The minimum atomic E-state index is -4.52. The first-order valence-electron chi connectivity index (χ1n) is 7.11. The van der Waals surface area contributed by atoms with Crippen LogP contribution in [0, 0.1) is 0 Å². The largest absolute Gasteiger partial charge is 0.416 e. The van der Waals surface area contributed by atoms with Crippen molar-refractivity contribution in [2.75, 3.05) is 7.05 Å². The number of halogens is 3. The van der Waals surface area contributed by atoms with Crippen LogP contribution in [0.1, 0.15) is 21.5 Å². The van der Waals surface area contributed by atoms with Crippen LogP contribution >= 0.6 is 0 Å². The maximum atomic E-state index is 12.7. The maximum absolute atomic E-state index is 12.7. The molecule has 0 radical (unpaired) electrons. The smallest absolute Gasteiger partial charge is 0.348 e. The van der Waals surface area contributed by atoms with E-state index in [1.54, 1.807) is 0 Å². The number of carbonyl (C=O) groups is 1. The van der Waals surface area contributed by atoms with Gasteiger partial charge in [0.25, 0.3) is 5.91 Å².